The Morgan fingerprint density at radius 2 is 1.73 bits per heavy atom. The van der Waals surface area contributed by atoms with Crippen LogP contribution in [0.4, 0.5) is 0 Å². The molecule has 0 radical (unpaired) electrons. The molecule has 0 spiro atoms. The molecular weight excluding hydrogens is 272 g/mol. The molecule has 60 valence electrons. The summed E-state index contributed by atoms with van der Waals surface area (Å²) in [6, 6.07) is 5.89. The van der Waals surface area contributed by atoms with Crippen LogP contribution in [0, 0.1) is 0 Å². The van der Waals surface area contributed by atoms with Crippen LogP contribution in [0.25, 0.3) is 0 Å². The largest absolute Gasteiger partial charge is 0.396 e. The molecule has 1 nitrogen and oxygen atoms in total. The van der Waals surface area contributed by atoms with Gasteiger partial charge < -0.3 is 5.11 Å². The summed E-state index contributed by atoms with van der Waals surface area (Å²) in [6.45, 7) is 0.182. The molecule has 1 aromatic carbocycles. The van der Waals surface area contributed by atoms with Gasteiger partial charge in [0.1, 0.15) is 0 Å². The molecular formula is C8H8Br2O. The predicted molar refractivity (Wildman–Crippen MR) is 52.6 cm³/mol. The van der Waals surface area contributed by atoms with E-state index in [9.17, 15) is 0 Å². The Morgan fingerprint density at radius 3 is 2.18 bits per heavy atom. The zero-order chi connectivity index (χ0) is 8.27. The van der Waals surface area contributed by atoms with Gasteiger partial charge in [-0.25, -0.2) is 0 Å². The Morgan fingerprint density at radius 1 is 1.18 bits per heavy atom. The van der Waals surface area contributed by atoms with Gasteiger partial charge in [0.25, 0.3) is 0 Å². The second-order valence-electron chi connectivity index (χ2n) is 2.17. The maximum Gasteiger partial charge on any atom is 0.0472 e. The molecule has 1 aromatic rings. The van der Waals surface area contributed by atoms with Gasteiger partial charge in [-0.1, -0.05) is 37.9 Å². The van der Waals surface area contributed by atoms with E-state index in [1.807, 2.05) is 18.2 Å². The molecule has 1 rings (SSSR count). The van der Waals surface area contributed by atoms with E-state index >= 15 is 0 Å². The zero-order valence-corrected chi connectivity index (χ0v) is 9.02. The summed E-state index contributed by atoms with van der Waals surface area (Å²) in [5.74, 6) is 0. The summed E-state index contributed by atoms with van der Waals surface area (Å²) in [5.41, 5.74) is 1.12. The third-order valence-electron chi connectivity index (χ3n) is 1.42. The van der Waals surface area contributed by atoms with Crippen LogP contribution in [-0.4, -0.2) is 11.7 Å². The molecule has 0 atom stereocenters. The van der Waals surface area contributed by atoms with Gasteiger partial charge >= 0.3 is 0 Å². The summed E-state index contributed by atoms with van der Waals surface area (Å²) in [6.07, 6.45) is 0.683. The standard InChI is InChI=1S/C8H8Br2O/c9-7-2-1-3-8(10)6(7)4-5-11/h1-3,11H,4-5H2. The number of aliphatic hydroxyl groups is 1. The fraction of sp³-hybridized carbons (Fsp3) is 0.250. The van der Waals surface area contributed by atoms with Crippen LogP contribution < -0.4 is 0 Å². The van der Waals surface area contributed by atoms with Gasteiger partial charge in [0.2, 0.25) is 0 Å². The number of aliphatic hydroxyl groups excluding tert-OH is 1. The third kappa shape index (κ3) is 2.29. The van der Waals surface area contributed by atoms with Gasteiger partial charge in [0.15, 0.2) is 0 Å². The third-order valence-corrected chi connectivity index (χ3v) is 2.91. The molecule has 1 N–H and O–H groups in total. The van der Waals surface area contributed by atoms with Crippen LogP contribution in [0.1, 0.15) is 5.56 Å². The number of hydrogen-bond acceptors (Lipinski definition) is 1. The summed E-state index contributed by atoms with van der Waals surface area (Å²) in [5, 5.41) is 8.73. The van der Waals surface area contributed by atoms with E-state index in [2.05, 4.69) is 31.9 Å². The van der Waals surface area contributed by atoms with E-state index in [1.54, 1.807) is 0 Å². The van der Waals surface area contributed by atoms with Crippen LogP contribution in [0.3, 0.4) is 0 Å². The highest BCUT2D eigenvalue weighted by Crippen LogP contribution is 2.25. The minimum absolute atomic E-state index is 0.182. The van der Waals surface area contributed by atoms with Crippen molar-refractivity contribution in [2.45, 2.75) is 6.42 Å². The van der Waals surface area contributed by atoms with Crippen LogP contribution >= 0.6 is 31.9 Å². The molecule has 0 bridgehead atoms. The molecule has 0 aliphatic carbocycles. The number of hydrogen-bond donors (Lipinski definition) is 1. The maximum absolute atomic E-state index is 8.73. The molecule has 0 aliphatic rings. The van der Waals surface area contributed by atoms with Crippen molar-refractivity contribution in [2.24, 2.45) is 0 Å². The Labute approximate surface area is 82.7 Å². The van der Waals surface area contributed by atoms with Crippen molar-refractivity contribution in [3.05, 3.63) is 32.7 Å². The fourth-order valence-electron chi connectivity index (χ4n) is 0.883. The van der Waals surface area contributed by atoms with Crippen molar-refractivity contribution in [3.8, 4) is 0 Å². The van der Waals surface area contributed by atoms with Gasteiger partial charge in [0, 0.05) is 15.6 Å². The maximum atomic E-state index is 8.73. The fourth-order valence-corrected chi connectivity index (χ4v) is 2.28. The SMILES string of the molecule is OCCc1c(Br)cccc1Br. The van der Waals surface area contributed by atoms with Crippen molar-refractivity contribution < 1.29 is 5.11 Å². The summed E-state index contributed by atoms with van der Waals surface area (Å²) in [4.78, 5) is 0. The highest BCUT2D eigenvalue weighted by Gasteiger charge is 2.02. The van der Waals surface area contributed by atoms with Crippen molar-refractivity contribution >= 4 is 31.9 Å². The second-order valence-corrected chi connectivity index (χ2v) is 3.88. The van der Waals surface area contributed by atoms with E-state index in [0.717, 1.165) is 14.5 Å². The Hall–Kier alpha value is 0.140. The Balaban J connectivity index is 3.00. The molecule has 0 heterocycles. The van der Waals surface area contributed by atoms with Crippen molar-refractivity contribution in [1.29, 1.82) is 0 Å². The topological polar surface area (TPSA) is 20.2 Å². The number of halogens is 2. The van der Waals surface area contributed by atoms with Crippen molar-refractivity contribution in [1.82, 2.24) is 0 Å². The predicted octanol–water partition coefficient (Wildman–Crippen LogP) is 2.75. The van der Waals surface area contributed by atoms with Gasteiger partial charge in [-0.05, 0) is 24.1 Å². The lowest BCUT2D eigenvalue weighted by molar-refractivity contribution is 0.299. The molecule has 0 amide bonds. The van der Waals surface area contributed by atoms with Gasteiger partial charge in [0.05, 0.1) is 0 Å². The first-order valence-corrected chi connectivity index (χ1v) is 4.88. The van der Waals surface area contributed by atoms with Crippen LogP contribution in [0.2, 0.25) is 0 Å². The zero-order valence-electron chi connectivity index (χ0n) is 5.85. The Bertz CT molecular complexity index is 228. The highest BCUT2D eigenvalue weighted by molar-refractivity contribution is 9.11. The molecule has 0 saturated carbocycles. The van der Waals surface area contributed by atoms with E-state index in [1.165, 1.54) is 0 Å². The van der Waals surface area contributed by atoms with Gasteiger partial charge in [-0.2, -0.15) is 0 Å². The average molecular weight is 280 g/mol. The molecule has 0 aliphatic heterocycles. The average Bonchev–Trinajstić information content (AvgIpc) is 1.97. The Kier molecular flexibility index (Phi) is 3.55. The van der Waals surface area contributed by atoms with Crippen LogP contribution in [-0.2, 0) is 6.42 Å². The summed E-state index contributed by atoms with van der Waals surface area (Å²) in [7, 11) is 0. The molecule has 0 saturated heterocycles. The van der Waals surface area contributed by atoms with Crippen LogP contribution in [0.5, 0.6) is 0 Å². The van der Waals surface area contributed by atoms with Crippen molar-refractivity contribution in [3.63, 3.8) is 0 Å². The smallest absolute Gasteiger partial charge is 0.0472 e. The molecule has 0 fully saturated rings. The highest BCUT2D eigenvalue weighted by atomic mass is 79.9. The molecule has 0 aromatic heterocycles. The lowest BCUT2D eigenvalue weighted by Gasteiger charge is -2.03. The van der Waals surface area contributed by atoms with E-state index in [4.69, 9.17) is 5.11 Å². The van der Waals surface area contributed by atoms with Gasteiger partial charge in [-0.15, -0.1) is 0 Å². The number of benzene rings is 1. The first-order valence-electron chi connectivity index (χ1n) is 3.29. The second kappa shape index (κ2) is 4.24. The lowest BCUT2D eigenvalue weighted by Crippen LogP contribution is -1.92. The van der Waals surface area contributed by atoms with E-state index in [0.29, 0.717) is 6.42 Å². The monoisotopic (exact) mass is 278 g/mol. The molecule has 0 unspecified atom stereocenters. The van der Waals surface area contributed by atoms with Crippen molar-refractivity contribution in [2.75, 3.05) is 6.61 Å². The lowest BCUT2D eigenvalue weighted by atomic mass is 10.2. The normalized spacial score (nSPS) is 10.1. The summed E-state index contributed by atoms with van der Waals surface area (Å²) >= 11 is 6.81. The quantitative estimate of drug-likeness (QED) is 0.883. The van der Waals surface area contributed by atoms with Gasteiger partial charge in [-0.3, -0.25) is 0 Å². The van der Waals surface area contributed by atoms with Crippen LogP contribution in [0.15, 0.2) is 27.1 Å². The summed E-state index contributed by atoms with van der Waals surface area (Å²) < 4.78 is 2.09. The minimum atomic E-state index is 0.182. The number of rotatable bonds is 2. The minimum Gasteiger partial charge on any atom is -0.396 e. The molecule has 3 heteroatoms. The first-order chi connectivity index (χ1) is 5.25. The van der Waals surface area contributed by atoms with E-state index in [-0.39, 0.29) is 6.61 Å². The molecule has 11 heavy (non-hydrogen) atoms. The van der Waals surface area contributed by atoms with E-state index < -0.39 is 0 Å². The first kappa shape index (κ1) is 9.23.